The highest BCUT2D eigenvalue weighted by Gasteiger charge is 2.27. The molecule has 17 heavy (non-hydrogen) atoms. The van der Waals surface area contributed by atoms with Crippen LogP contribution in [-0.4, -0.2) is 46.8 Å². The van der Waals surface area contributed by atoms with Gasteiger partial charge in [0.25, 0.3) is 0 Å². The Morgan fingerprint density at radius 1 is 1.53 bits per heavy atom. The molecule has 1 aliphatic rings. The fourth-order valence-corrected chi connectivity index (χ4v) is 2.19. The monoisotopic (exact) mass is 255 g/mol. The van der Waals surface area contributed by atoms with Crippen LogP contribution in [0.2, 0.25) is 5.15 Å². The van der Waals surface area contributed by atoms with Crippen LogP contribution < -0.4 is 4.90 Å². The summed E-state index contributed by atoms with van der Waals surface area (Å²) in [6.45, 7) is 3.61. The van der Waals surface area contributed by atoms with Gasteiger partial charge >= 0.3 is 6.09 Å². The standard InChI is InChI=1S/C11H14ClN3O2/c1-8-7-14(11(16)17)5-6-15(8)10-4-2-3-9(12)13-10/h2-4,8H,5-7H2,1H3,(H,16,17)/t8-/m1/s1. The molecule has 1 amide bonds. The number of piperazine rings is 1. The summed E-state index contributed by atoms with van der Waals surface area (Å²) in [6.07, 6.45) is -0.865. The SMILES string of the molecule is C[C@@H]1CN(C(=O)O)CCN1c1cccc(Cl)n1. The molecule has 0 unspecified atom stereocenters. The zero-order chi connectivity index (χ0) is 12.4. The van der Waals surface area contributed by atoms with E-state index >= 15 is 0 Å². The van der Waals surface area contributed by atoms with Crippen LogP contribution in [0.4, 0.5) is 10.6 Å². The number of rotatable bonds is 1. The second-order valence-electron chi connectivity index (χ2n) is 4.09. The molecule has 0 aromatic carbocycles. The fourth-order valence-electron chi connectivity index (χ4n) is 2.03. The van der Waals surface area contributed by atoms with Crippen LogP contribution in [0.3, 0.4) is 0 Å². The number of amides is 1. The number of hydrogen-bond acceptors (Lipinski definition) is 3. The van der Waals surface area contributed by atoms with E-state index in [-0.39, 0.29) is 6.04 Å². The Hall–Kier alpha value is -1.49. The van der Waals surface area contributed by atoms with Crippen LogP contribution in [0.5, 0.6) is 0 Å². The van der Waals surface area contributed by atoms with Crippen molar-refractivity contribution in [3.05, 3.63) is 23.4 Å². The summed E-state index contributed by atoms with van der Waals surface area (Å²) in [7, 11) is 0. The first kappa shape index (κ1) is 12.0. The Labute approximate surface area is 105 Å². The first-order valence-corrected chi connectivity index (χ1v) is 5.83. The molecule has 1 atom stereocenters. The lowest BCUT2D eigenvalue weighted by Crippen LogP contribution is -2.53. The first-order chi connectivity index (χ1) is 8.08. The van der Waals surface area contributed by atoms with E-state index in [1.54, 1.807) is 6.07 Å². The van der Waals surface area contributed by atoms with Gasteiger partial charge in [-0.15, -0.1) is 0 Å². The van der Waals surface area contributed by atoms with Gasteiger partial charge in [0, 0.05) is 25.7 Å². The molecular weight excluding hydrogens is 242 g/mol. The van der Waals surface area contributed by atoms with Gasteiger partial charge in [0.05, 0.1) is 0 Å². The lowest BCUT2D eigenvalue weighted by molar-refractivity contribution is 0.136. The molecule has 0 bridgehead atoms. The maximum Gasteiger partial charge on any atom is 0.407 e. The van der Waals surface area contributed by atoms with Crippen molar-refractivity contribution in [2.75, 3.05) is 24.5 Å². The summed E-state index contributed by atoms with van der Waals surface area (Å²) in [5.41, 5.74) is 0. The maximum atomic E-state index is 10.9. The number of hydrogen-bond donors (Lipinski definition) is 1. The lowest BCUT2D eigenvalue weighted by atomic mass is 10.2. The van der Waals surface area contributed by atoms with Crippen molar-refractivity contribution in [3.8, 4) is 0 Å². The molecular formula is C11H14ClN3O2. The predicted molar refractivity (Wildman–Crippen MR) is 65.7 cm³/mol. The van der Waals surface area contributed by atoms with E-state index in [1.165, 1.54) is 4.90 Å². The summed E-state index contributed by atoms with van der Waals surface area (Å²) < 4.78 is 0. The molecule has 2 rings (SSSR count). The van der Waals surface area contributed by atoms with E-state index in [1.807, 2.05) is 19.1 Å². The summed E-state index contributed by atoms with van der Waals surface area (Å²) in [5.74, 6) is 0.801. The minimum absolute atomic E-state index is 0.103. The van der Waals surface area contributed by atoms with Crippen LogP contribution in [-0.2, 0) is 0 Å². The zero-order valence-corrected chi connectivity index (χ0v) is 10.3. The molecule has 1 fully saturated rings. The number of carbonyl (C=O) groups is 1. The van der Waals surface area contributed by atoms with Crippen LogP contribution in [0.1, 0.15) is 6.92 Å². The molecule has 5 nitrogen and oxygen atoms in total. The molecule has 1 N–H and O–H groups in total. The van der Waals surface area contributed by atoms with Crippen LogP contribution in [0.15, 0.2) is 18.2 Å². The summed E-state index contributed by atoms with van der Waals surface area (Å²) in [6, 6.07) is 5.56. The van der Waals surface area contributed by atoms with E-state index in [0.29, 0.717) is 24.8 Å². The molecule has 1 aliphatic heterocycles. The Balaban J connectivity index is 2.12. The molecule has 0 radical (unpaired) electrons. The highest BCUT2D eigenvalue weighted by Crippen LogP contribution is 2.20. The largest absolute Gasteiger partial charge is 0.465 e. The van der Waals surface area contributed by atoms with Gasteiger partial charge < -0.3 is 14.9 Å². The number of nitrogens with zero attached hydrogens (tertiary/aromatic N) is 3. The van der Waals surface area contributed by atoms with Gasteiger partial charge in [-0.25, -0.2) is 9.78 Å². The van der Waals surface area contributed by atoms with E-state index in [4.69, 9.17) is 16.7 Å². The first-order valence-electron chi connectivity index (χ1n) is 5.45. The van der Waals surface area contributed by atoms with E-state index < -0.39 is 6.09 Å². The topological polar surface area (TPSA) is 56.7 Å². The maximum absolute atomic E-state index is 10.9. The van der Waals surface area contributed by atoms with Gasteiger partial charge in [-0.1, -0.05) is 17.7 Å². The van der Waals surface area contributed by atoms with Crippen molar-refractivity contribution in [3.63, 3.8) is 0 Å². The van der Waals surface area contributed by atoms with Crippen LogP contribution in [0.25, 0.3) is 0 Å². The Kier molecular flexibility index (Phi) is 3.38. The summed E-state index contributed by atoms with van der Waals surface area (Å²) in [4.78, 5) is 18.6. The van der Waals surface area contributed by atoms with Gasteiger partial charge in [0.2, 0.25) is 0 Å². The highest BCUT2D eigenvalue weighted by atomic mass is 35.5. The number of anilines is 1. The second kappa shape index (κ2) is 4.79. The van der Waals surface area contributed by atoms with Crippen molar-refractivity contribution in [2.24, 2.45) is 0 Å². The van der Waals surface area contributed by atoms with E-state index in [9.17, 15) is 4.79 Å². The molecule has 1 saturated heterocycles. The average molecular weight is 256 g/mol. The van der Waals surface area contributed by atoms with Crippen LogP contribution >= 0.6 is 11.6 Å². The minimum Gasteiger partial charge on any atom is -0.465 e. The fraction of sp³-hybridized carbons (Fsp3) is 0.455. The van der Waals surface area contributed by atoms with Gasteiger partial charge in [0.15, 0.2) is 0 Å². The van der Waals surface area contributed by atoms with Gasteiger partial charge in [-0.3, -0.25) is 0 Å². The lowest BCUT2D eigenvalue weighted by Gasteiger charge is -2.39. The molecule has 0 spiro atoms. The summed E-state index contributed by atoms with van der Waals surface area (Å²) >= 11 is 5.85. The molecule has 0 saturated carbocycles. The quantitative estimate of drug-likeness (QED) is 0.779. The third-order valence-electron chi connectivity index (χ3n) is 2.89. The Morgan fingerprint density at radius 3 is 2.88 bits per heavy atom. The molecule has 0 aliphatic carbocycles. The smallest absolute Gasteiger partial charge is 0.407 e. The van der Waals surface area contributed by atoms with Gasteiger partial charge in [0.1, 0.15) is 11.0 Å². The molecule has 2 heterocycles. The zero-order valence-electron chi connectivity index (χ0n) is 9.51. The highest BCUT2D eigenvalue weighted by molar-refractivity contribution is 6.29. The number of pyridine rings is 1. The number of aromatic nitrogens is 1. The van der Waals surface area contributed by atoms with Crippen molar-refractivity contribution in [1.29, 1.82) is 0 Å². The summed E-state index contributed by atoms with van der Waals surface area (Å²) in [5, 5.41) is 9.38. The predicted octanol–water partition coefficient (Wildman–Crippen LogP) is 1.92. The normalized spacial score (nSPS) is 20.5. The average Bonchev–Trinajstić information content (AvgIpc) is 2.28. The van der Waals surface area contributed by atoms with Crippen LogP contribution in [0, 0.1) is 0 Å². The molecule has 1 aromatic heterocycles. The molecule has 1 aromatic rings. The molecule has 92 valence electrons. The number of halogens is 1. The molecule has 6 heteroatoms. The van der Waals surface area contributed by atoms with Crippen molar-refractivity contribution < 1.29 is 9.90 Å². The minimum atomic E-state index is -0.865. The Bertz CT molecular complexity index is 427. The van der Waals surface area contributed by atoms with E-state index in [2.05, 4.69) is 9.88 Å². The van der Waals surface area contributed by atoms with E-state index in [0.717, 1.165) is 5.82 Å². The number of carboxylic acid groups (broad SMARTS) is 1. The third kappa shape index (κ3) is 2.61. The van der Waals surface area contributed by atoms with Gasteiger partial charge in [-0.2, -0.15) is 0 Å². The second-order valence-corrected chi connectivity index (χ2v) is 4.48. The third-order valence-corrected chi connectivity index (χ3v) is 3.10. The Morgan fingerprint density at radius 2 is 2.29 bits per heavy atom. The van der Waals surface area contributed by atoms with Crippen molar-refractivity contribution >= 4 is 23.5 Å². The van der Waals surface area contributed by atoms with Crippen molar-refractivity contribution in [1.82, 2.24) is 9.88 Å². The van der Waals surface area contributed by atoms with Crippen molar-refractivity contribution in [2.45, 2.75) is 13.0 Å². The van der Waals surface area contributed by atoms with Gasteiger partial charge in [-0.05, 0) is 19.1 Å².